The topological polar surface area (TPSA) is 104 Å². The molecule has 0 aliphatic rings. The number of methoxy groups -OCH3 is 2. The van der Waals surface area contributed by atoms with Gasteiger partial charge in [-0.3, -0.25) is 10.1 Å². The number of hydrogen-bond acceptors (Lipinski definition) is 8. The largest absolute Gasteiger partial charge is 0.493 e. The molecule has 1 amide bonds. The van der Waals surface area contributed by atoms with Crippen molar-refractivity contribution in [3.05, 3.63) is 42.4 Å². The number of amides is 1. The highest BCUT2D eigenvalue weighted by Crippen LogP contribution is 2.32. The van der Waals surface area contributed by atoms with Gasteiger partial charge in [-0.25, -0.2) is 0 Å². The number of aromatic nitrogens is 4. The van der Waals surface area contributed by atoms with Gasteiger partial charge < -0.3 is 13.9 Å². The van der Waals surface area contributed by atoms with Gasteiger partial charge in [-0.1, -0.05) is 11.3 Å². The zero-order chi connectivity index (χ0) is 18.1. The van der Waals surface area contributed by atoms with Crippen LogP contribution in [0.25, 0.3) is 16.3 Å². The molecule has 0 fully saturated rings. The molecule has 0 saturated heterocycles. The van der Waals surface area contributed by atoms with Gasteiger partial charge in [0.15, 0.2) is 23.1 Å². The van der Waals surface area contributed by atoms with Gasteiger partial charge in [0.1, 0.15) is 0 Å². The van der Waals surface area contributed by atoms with Crippen LogP contribution in [0.5, 0.6) is 11.5 Å². The molecule has 3 aromatic heterocycles. The third kappa shape index (κ3) is 2.75. The number of nitrogens with one attached hydrogen (secondary N) is 1. The van der Waals surface area contributed by atoms with Gasteiger partial charge >= 0.3 is 0 Å². The van der Waals surface area contributed by atoms with Gasteiger partial charge in [0.05, 0.1) is 20.5 Å². The van der Waals surface area contributed by atoms with Crippen LogP contribution >= 0.6 is 11.3 Å². The number of ether oxygens (including phenoxy) is 2. The third-order valence-corrected chi connectivity index (χ3v) is 4.41. The Kier molecular flexibility index (Phi) is 4.01. The van der Waals surface area contributed by atoms with E-state index in [1.54, 1.807) is 43.0 Å². The standard InChI is InChI=1S/C16H13N5O4S/c1-23-10-6-5-9(8-12(10)24-2)13-18-19-16-21(13)20-15(26-16)17-14(22)11-4-3-7-25-11/h3-8H,1-2H3,(H,17,20,22). The first-order valence-electron chi connectivity index (χ1n) is 7.49. The Hall–Kier alpha value is -3.40. The van der Waals surface area contributed by atoms with Crippen molar-refractivity contribution in [2.75, 3.05) is 19.5 Å². The fraction of sp³-hybridized carbons (Fsp3) is 0.125. The zero-order valence-corrected chi connectivity index (χ0v) is 14.6. The van der Waals surface area contributed by atoms with Crippen LogP contribution in [0.4, 0.5) is 5.13 Å². The zero-order valence-electron chi connectivity index (χ0n) is 13.8. The highest BCUT2D eigenvalue weighted by molar-refractivity contribution is 7.20. The summed E-state index contributed by atoms with van der Waals surface area (Å²) in [5, 5.41) is 15.7. The van der Waals surface area contributed by atoms with E-state index < -0.39 is 0 Å². The van der Waals surface area contributed by atoms with E-state index in [0.717, 1.165) is 5.56 Å². The van der Waals surface area contributed by atoms with E-state index in [4.69, 9.17) is 13.9 Å². The smallest absolute Gasteiger partial charge is 0.293 e. The number of rotatable bonds is 5. The molecule has 0 aliphatic heterocycles. The minimum absolute atomic E-state index is 0.205. The van der Waals surface area contributed by atoms with E-state index in [9.17, 15) is 4.79 Å². The predicted molar refractivity (Wildman–Crippen MR) is 93.9 cm³/mol. The molecule has 0 atom stereocenters. The molecule has 3 heterocycles. The Morgan fingerprint density at radius 3 is 2.77 bits per heavy atom. The lowest BCUT2D eigenvalue weighted by molar-refractivity contribution is 0.0996. The summed E-state index contributed by atoms with van der Waals surface area (Å²) >= 11 is 1.20. The Bertz CT molecular complexity index is 1070. The maximum absolute atomic E-state index is 12.1. The number of furan rings is 1. The molecule has 0 spiro atoms. The first-order chi connectivity index (χ1) is 12.7. The quantitative estimate of drug-likeness (QED) is 0.575. The number of fused-ring (bicyclic) bond motifs is 1. The molecule has 132 valence electrons. The summed E-state index contributed by atoms with van der Waals surface area (Å²) in [5.74, 6) is 1.53. The van der Waals surface area contributed by atoms with Crippen LogP contribution in [0.3, 0.4) is 0 Å². The first kappa shape index (κ1) is 16.1. The fourth-order valence-corrected chi connectivity index (χ4v) is 3.12. The molecule has 10 heteroatoms. The Balaban J connectivity index is 1.67. The van der Waals surface area contributed by atoms with Gasteiger partial charge in [-0.2, -0.15) is 4.52 Å². The van der Waals surface area contributed by atoms with Crippen molar-refractivity contribution in [1.29, 1.82) is 0 Å². The molecule has 1 aromatic carbocycles. The molecule has 1 N–H and O–H groups in total. The number of hydrogen-bond donors (Lipinski definition) is 1. The van der Waals surface area contributed by atoms with Crippen molar-refractivity contribution in [2.45, 2.75) is 0 Å². The second-order valence-electron chi connectivity index (χ2n) is 5.13. The number of carbonyl (C=O) groups excluding carboxylic acids is 1. The van der Waals surface area contributed by atoms with Crippen LogP contribution in [0, 0.1) is 0 Å². The maximum Gasteiger partial charge on any atom is 0.293 e. The molecule has 9 nitrogen and oxygen atoms in total. The lowest BCUT2D eigenvalue weighted by atomic mass is 10.2. The van der Waals surface area contributed by atoms with Crippen LogP contribution < -0.4 is 14.8 Å². The molecule has 0 aliphatic carbocycles. The van der Waals surface area contributed by atoms with E-state index in [2.05, 4.69) is 20.6 Å². The molecule has 4 rings (SSSR count). The third-order valence-electron chi connectivity index (χ3n) is 3.60. The van der Waals surface area contributed by atoms with E-state index in [-0.39, 0.29) is 11.7 Å². The Morgan fingerprint density at radius 2 is 2.04 bits per heavy atom. The number of benzene rings is 1. The van der Waals surface area contributed by atoms with Gasteiger partial charge in [0.25, 0.3) is 5.91 Å². The summed E-state index contributed by atoms with van der Waals surface area (Å²) in [4.78, 5) is 12.6. The Morgan fingerprint density at radius 1 is 1.19 bits per heavy atom. The summed E-state index contributed by atoms with van der Waals surface area (Å²) in [6.07, 6.45) is 1.43. The van der Waals surface area contributed by atoms with Crippen LogP contribution in [-0.4, -0.2) is 39.9 Å². The van der Waals surface area contributed by atoms with E-state index in [1.807, 2.05) is 6.07 Å². The van der Waals surface area contributed by atoms with Gasteiger partial charge in [0.2, 0.25) is 10.1 Å². The lowest BCUT2D eigenvalue weighted by Gasteiger charge is -2.08. The van der Waals surface area contributed by atoms with Gasteiger partial charge in [-0.05, 0) is 30.3 Å². The van der Waals surface area contributed by atoms with Crippen LogP contribution in [-0.2, 0) is 0 Å². The summed E-state index contributed by atoms with van der Waals surface area (Å²) in [6, 6.07) is 8.61. The van der Waals surface area contributed by atoms with Gasteiger partial charge in [0, 0.05) is 5.56 Å². The Labute approximate surface area is 151 Å². The van der Waals surface area contributed by atoms with E-state index >= 15 is 0 Å². The molecule has 0 unspecified atom stereocenters. The average Bonchev–Trinajstić information content (AvgIpc) is 3.38. The van der Waals surface area contributed by atoms with Crippen molar-refractivity contribution >= 4 is 27.3 Å². The first-order valence-corrected chi connectivity index (χ1v) is 8.30. The van der Waals surface area contributed by atoms with Crippen molar-refractivity contribution in [3.63, 3.8) is 0 Å². The number of nitrogens with zero attached hydrogens (tertiary/aromatic N) is 4. The van der Waals surface area contributed by atoms with Crippen LogP contribution in [0.1, 0.15) is 10.6 Å². The summed E-state index contributed by atoms with van der Waals surface area (Å²) in [6.45, 7) is 0. The lowest BCUT2D eigenvalue weighted by Crippen LogP contribution is -2.10. The van der Waals surface area contributed by atoms with E-state index in [0.29, 0.717) is 27.4 Å². The van der Waals surface area contributed by atoms with Crippen LogP contribution in [0.2, 0.25) is 0 Å². The van der Waals surface area contributed by atoms with E-state index in [1.165, 1.54) is 17.6 Å². The van der Waals surface area contributed by atoms with Crippen molar-refractivity contribution in [3.8, 4) is 22.9 Å². The fourth-order valence-electron chi connectivity index (χ4n) is 2.39. The molecular formula is C16H13N5O4S. The van der Waals surface area contributed by atoms with Crippen LogP contribution in [0.15, 0.2) is 41.0 Å². The second kappa shape index (κ2) is 6.48. The summed E-state index contributed by atoms with van der Waals surface area (Å²) in [5.41, 5.74) is 0.754. The van der Waals surface area contributed by atoms with Crippen molar-refractivity contribution in [2.24, 2.45) is 0 Å². The molecular weight excluding hydrogens is 358 g/mol. The minimum atomic E-state index is -0.382. The second-order valence-corrected chi connectivity index (χ2v) is 6.08. The minimum Gasteiger partial charge on any atom is -0.493 e. The van der Waals surface area contributed by atoms with Crippen molar-refractivity contribution < 1.29 is 18.7 Å². The monoisotopic (exact) mass is 371 g/mol. The predicted octanol–water partition coefficient (Wildman–Crippen LogP) is 2.72. The van der Waals surface area contributed by atoms with Gasteiger partial charge in [-0.15, -0.1) is 15.3 Å². The summed E-state index contributed by atoms with van der Waals surface area (Å²) in [7, 11) is 3.13. The number of anilines is 1. The molecule has 4 aromatic rings. The SMILES string of the molecule is COc1ccc(-c2nnc3sc(NC(=O)c4ccco4)nn23)cc1OC. The summed E-state index contributed by atoms with van der Waals surface area (Å²) < 4.78 is 17.2. The molecule has 0 saturated carbocycles. The highest BCUT2D eigenvalue weighted by Gasteiger charge is 2.17. The molecule has 0 radical (unpaired) electrons. The maximum atomic E-state index is 12.1. The van der Waals surface area contributed by atoms with Crippen molar-refractivity contribution in [1.82, 2.24) is 19.8 Å². The average molecular weight is 371 g/mol. The normalized spacial score (nSPS) is 10.8. The highest BCUT2D eigenvalue weighted by atomic mass is 32.1. The number of carbonyl (C=O) groups is 1. The molecule has 26 heavy (non-hydrogen) atoms. The molecule has 0 bridgehead atoms.